The van der Waals surface area contributed by atoms with E-state index in [4.69, 9.17) is 23.9 Å². The Kier molecular flexibility index (Phi) is 10.8. The number of rotatable bonds is 13. The van der Waals surface area contributed by atoms with E-state index in [1.165, 1.54) is 11.8 Å². The zero-order valence-electron chi connectivity index (χ0n) is 27.0. The fraction of sp³-hybridized carbons (Fsp3) is 0.333. The number of benzene rings is 3. The Morgan fingerprint density at radius 3 is 2.49 bits per heavy atom. The van der Waals surface area contributed by atoms with Crippen molar-refractivity contribution in [1.82, 2.24) is 9.66 Å². The molecule has 45 heavy (non-hydrogen) atoms. The second kappa shape index (κ2) is 14.7. The maximum absolute atomic E-state index is 13.9. The first kappa shape index (κ1) is 33.0. The number of methoxy groups -OCH3 is 1. The van der Waals surface area contributed by atoms with E-state index in [2.05, 4.69) is 25.5 Å². The molecule has 236 valence electrons. The lowest BCUT2D eigenvalue weighted by molar-refractivity contribution is -0.150. The first-order chi connectivity index (χ1) is 21.6. The monoisotopic (exact) mass is 611 g/mol. The van der Waals surface area contributed by atoms with Crippen LogP contribution < -0.4 is 19.8 Å². The number of nitrogens with zero attached hydrogens (tertiary/aromatic N) is 3. The van der Waals surface area contributed by atoms with E-state index in [0.717, 1.165) is 28.0 Å². The van der Waals surface area contributed by atoms with Gasteiger partial charge in [-0.25, -0.2) is 9.78 Å². The summed E-state index contributed by atoms with van der Waals surface area (Å²) < 4.78 is 24.0. The molecule has 1 heterocycles. The van der Waals surface area contributed by atoms with E-state index in [1.807, 2.05) is 44.2 Å². The van der Waals surface area contributed by atoms with Crippen LogP contribution in [-0.2, 0) is 16.0 Å². The molecule has 0 radical (unpaired) electrons. The summed E-state index contributed by atoms with van der Waals surface area (Å²) in [5, 5.41) is 5.14. The summed E-state index contributed by atoms with van der Waals surface area (Å²) in [4.78, 5) is 31.1. The van der Waals surface area contributed by atoms with Gasteiger partial charge in [0.05, 0.1) is 37.4 Å². The first-order valence-electron chi connectivity index (χ1n) is 15.1. The summed E-state index contributed by atoms with van der Waals surface area (Å²) in [5.74, 6) is 1.74. The standard InChI is InChI=1S/C36H41N3O6/c1-9-14-26-18-25(19-32(42-8)33(26)45-24(7)36(41)44-11-3)21-37-39-34(38-30-16-13-12-15-27(30)35(39)40)29-20-28(22(4)5)31(43-10-2)17-23(29)6/h9,12-13,15-22,24H,1,10-11,14H2,2-8H3/t24-/m0/s1. The van der Waals surface area contributed by atoms with Crippen LogP contribution in [0.3, 0.4) is 0 Å². The van der Waals surface area contributed by atoms with Crippen LogP contribution in [0.1, 0.15) is 62.8 Å². The number of hydrogen-bond acceptors (Lipinski definition) is 8. The fourth-order valence-corrected chi connectivity index (χ4v) is 5.04. The van der Waals surface area contributed by atoms with Gasteiger partial charge in [-0.1, -0.05) is 32.1 Å². The smallest absolute Gasteiger partial charge is 0.347 e. The lowest BCUT2D eigenvalue weighted by atomic mass is 9.96. The second-order valence-electron chi connectivity index (χ2n) is 10.8. The van der Waals surface area contributed by atoms with Crippen LogP contribution >= 0.6 is 0 Å². The third-order valence-electron chi connectivity index (χ3n) is 7.25. The molecule has 0 spiro atoms. The van der Waals surface area contributed by atoms with Gasteiger partial charge < -0.3 is 18.9 Å². The molecule has 0 fully saturated rings. The average Bonchev–Trinajstić information content (AvgIpc) is 3.01. The number of carbonyl (C=O) groups is 1. The highest BCUT2D eigenvalue weighted by atomic mass is 16.6. The third-order valence-corrected chi connectivity index (χ3v) is 7.25. The third kappa shape index (κ3) is 7.25. The molecule has 0 aliphatic heterocycles. The molecule has 3 aromatic carbocycles. The molecular formula is C36H41N3O6. The number of carbonyl (C=O) groups excluding carboxylic acids is 1. The predicted molar refractivity (Wildman–Crippen MR) is 178 cm³/mol. The molecular weight excluding hydrogens is 570 g/mol. The Hall–Kier alpha value is -4.92. The second-order valence-corrected chi connectivity index (χ2v) is 10.8. The molecule has 1 atom stereocenters. The molecule has 0 bridgehead atoms. The Labute approximate surface area is 264 Å². The molecule has 0 unspecified atom stereocenters. The lowest BCUT2D eigenvalue weighted by Crippen LogP contribution is -2.26. The number of allylic oxidation sites excluding steroid dienone is 1. The minimum atomic E-state index is -0.847. The van der Waals surface area contributed by atoms with E-state index in [-0.39, 0.29) is 18.1 Å². The molecule has 0 amide bonds. The van der Waals surface area contributed by atoms with Crippen molar-refractivity contribution in [1.29, 1.82) is 0 Å². The van der Waals surface area contributed by atoms with Gasteiger partial charge in [0.15, 0.2) is 23.4 Å². The van der Waals surface area contributed by atoms with Crippen molar-refractivity contribution >= 4 is 23.1 Å². The van der Waals surface area contributed by atoms with Crippen molar-refractivity contribution in [2.45, 2.75) is 60.0 Å². The summed E-state index contributed by atoms with van der Waals surface area (Å²) >= 11 is 0. The maximum atomic E-state index is 13.9. The van der Waals surface area contributed by atoms with Crippen molar-refractivity contribution in [3.05, 3.63) is 93.8 Å². The van der Waals surface area contributed by atoms with Crippen molar-refractivity contribution in [3.8, 4) is 28.6 Å². The van der Waals surface area contributed by atoms with Gasteiger partial charge in [-0.3, -0.25) is 4.79 Å². The van der Waals surface area contributed by atoms with Gasteiger partial charge in [0.1, 0.15) is 5.75 Å². The number of aromatic nitrogens is 2. The number of ether oxygens (including phenoxy) is 4. The van der Waals surface area contributed by atoms with Crippen LogP contribution in [0.25, 0.3) is 22.3 Å². The van der Waals surface area contributed by atoms with Crippen LogP contribution in [0.5, 0.6) is 17.2 Å². The Balaban J connectivity index is 1.89. The number of hydrogen-bond donors (Lipinski definition) is 0. The molecule has 0 saturated heterocycles. The van der Waals surface area contributed by atoms with Crippen molar-refractivity contribution in [2.24, 2.45) is 5.10 Å². The van der Waals surface area contributed by atoms with E-state index in [1.54, 1.807) is 44.3 Å². The molecule has 0 aliphatic carbocycles. The number of esters is 1. The Morgan fingerprint density at radius 1 is 1.07 bits per heavy atom. The molecule has 0 saturated carbocycles. The van der Waals surface area contributed by atoms with Gasteiger partial charge in [0.25, 0.3) is 5.56 Å². The van der Waals surface area contributed by atoms with Gasteiger partial charge in [-0.05, 0) is 93.1 Å². The van der Waals surface area contributed by atoms with Gasteiger partial charge in [-0.15, -0.1) is 6.58 Å². The zero-order chi connectivity index (χ0) is 32.7. The molecule has 9 heteroatoms. The van der Waals surface area contributed by atoms with E-state index in [9.17, 15) is 9.59 Å². The zero-order valence-corrected chi connectivity index (χ0v) is 27.0. The summed E-state index contributed by atoms with van der Waals surface area (Å²) in [5.41, 5.74) is 4.36. The van der Waals surface area contributed by atoms with E-state index >= 15 is 0 Å². The number of aryl methyl sites for hydroxylation is 1. The lowest BCUT2D eigenvalue weighted by Gasteiger charge is -2.19. The SMILES string of the molecule is C=CCc1cc(C=Nn2c(-c3cc(C(C)C)c(OCC)cc3C)nc3ccccc3c2=O)cc(OC)c1O[C@@H](C)C(=O)OCC. The molecule has 1 aromatic heterocycles. The number of para-hydroxylation sites is 1. The molecule has 0 N–H and O–H groups in total. The summed E-state index contributed by atoms with van der Waals surface area (Å²) in [6.45, 7) is 16.2. The van der Waals surface area contributed by atoms with Crippen molar-refractivity contribution < 1.29 is 23.7 Å². The molecule has 0 aliphatic rings. The molecule has 9 nitrogen and oxygen atoms in total. The van der Waals surface area contributed by atoms with Gasteiger partial charge in [-0.2, -0.15) is 9.78 Å². The predicted octanol–water partition coefficient (Wildman–Crippen LogP) is 6.84. The Morgan fingerprint density at radius 2 is 1.82 bits per heavy atom. The van der Waals surface area contributed by atoms with E-state index in [0.29, 0.717) is 46.8 Å². The van der Waals surface area contributed by atoms with Crippen molar-refractivity contribution in [3.63, 3.8) is 0 Å². The molecule has 4 aromatic rings. The van der Waals surface area contributed by atoms with Crippen LogP contribution in [0, 0.1) is 6.92 Å². The van der Waals surface area contributed by atoms with Crippen LogP contribution in [0.4, 0.5) is 0 Å². The van der Waals surface area contributed by atoms with Crippen LogP contribution in [0.2, 0.25) is 0 Å². The summed E-state index contributed by atoms with van der Waals surface area (Å²) in [6.07, 6.45) is 2.91. The quantitative estimate of drug-likeness (QED) is 0.0926. The van der Waals surface area contributed by atoms with E-state index < -0.39 is 12.1 Å². The molecule has 4 rings (SSSR count). The topological polar surface area (TPSA) is 101 Å². The highest BCUT2D eigenvalue weighted by Crippen LogP contribution is 2.36. The van der Waals surface area contributed by atoms with Gasteiger partial charge in [0, 0.05) is 11.1 Å². The first-order valence-corrected chi connectivity index (χ1v) is 15.1. The normalized spacial score (nSPS) is 12.0. The maximum Gasteiger partial charge on any atom is 0.347 e. The van der Waals surface area contributed by atoms with Crippen LogP contribution in [0.15, 0.2) is 71.1 Å². The number of fused-ring (bicyclic) bond motifs is 1. The van der Waals surface area contributed by atoms with Gasteiger partial charge in [0.2, 0.25) is 0 Å². The van der Waals surface area contributed by atoms with Crippen LogP contribution in [-0.4, -0.2) is 48.3 Å². The minimum absolute atomic E-state index is 0.179. The van der Waals surface area contributed by atoms with Gasteiger partial charge >= 0.3 is 5.97 Å². The fourth-order valence-electron chi connectivity index (χ4n) is 5.04. The highest BCUT2D eigenvalue weighted by molar-refractivity contribution is 5.84. The van der Waals surface area contributed by atoms with Crippen molar-refractivity contribution in [2.75, 3.05) is 20.3 Å². The minimum Gasteiger partial charge on any atom is -0.494 e. The summed E-state index contributed by atoms with van der Waals surface area (Å²) in [7, 11) is 1.52. The largest absolute Gasteiger partial charge is 0.494 e. The highest BCUT2D eigenvalue weighted by Gasteiger charge is 2.22. The Bertz CT molecular complexity index is 1790. The average molecular weight is 612 g/mol. The summed E-state index contributed by atoms with van der Waals surface area (Å²) in [6, 6.07) is 14.9.